The fourth-order valence-corrected chi connectivity index (χ4v) is 18.2. The maximum Gasteiger partial charge on any atom is 0.287 e. The zero-order valence-corrected chi connectivity index (χ0v) is 20.2. The summed E-state index contributed by atoms with van der Waals surface area (Å²) in [5.74, 6) is 0. The largest absolute Gasteiger partial charge is 0.362 e. The van der Waals surface area contributed by atoms with Crippen LogP contribution >= 0.6 is 0 Å². The van der Waals surface area contributed by atoms with Crippen LogP contribution in [0.15, 0.2) is 28.8 Å². The molecule has 0 amide bonds. The lowest BCUT2D eigenvalue weighted by atomic mass is 10.2. The molecule has 1 heterocycles. The van der Waals surface area contributed by atoms with E-state index in [1.807, 2.05) is 0 Å². The Morgan fingerprint density at radius 2 is 1.00 bits per heavy atom. The third-order valence-electron chi connectivity index (χ3n) is 4.76. The highest BCUT2D eigenvalue weighted by atomic mass is 28.4. The van der Waals surface area contributed by atoms with Crippen LogP contribution in [-0.2, 0) is 0 Å². The number of nitrogens with zero attached hydrogens (tertiary/aromatic N) is 2. The first-order valence-electron chi connectivity index (χ1n) is 9.19. The van der Waals surface area contributed by atoms with Crippen molar-refractivity contribution in [3.05, 3.63) is 24.5 Å². The van der Waals surface area contributed by atoms with E-state index in [1.165, 1.54) is 0 Å². The number of hydrogen-bond acceptors (Lipinski definition) is 1. The maximum atomic E-state index is 5.94. The third kappa shape index (κ3) is 4.01. The van der Waals surface area contributed by atoms with E-state index in [2.05, 4.69) is 112 Å². The summed E-state index contributed by atoms with van der Waals surface area (Å²) in [5.41, 5.74) is 0. The molecule has 1 rings (SSSR count). The maximum absolute atomic E-state index is 5.94. The normalized spacial score (nSPS) is 14.7. The molecule has 0 atom stereocenters. The molecule has 0 aliphatic heterocycles. The molecule has 0 N–H and O–H groups in total. The molecule has 0 aliphatic carbocycles. The van der Waals surface area contributed by atoms with Gasteiger partial charge in [0.05, 0.1) is 0 Å². The third-order valence-corrected chi connectivity index (χ3v) is 15.0. The van der Waals surface area contributed by atoms with Crippen LogP contribution in [0.2, 0.25) is 20.2 Å². The Kier molecular flexibility index (Phi) is 5.70. The Labute approximate surface area is 153 Å². The fraction of sp³-hybridized carbons (Fsp3) is 0.800. The molecule has 0 saturated heterocycles. The predicted octanol–water partition coefficient (Wildman–Crippen LogP) is 7.24. The van der Waals surface area contributed by atoms with E-state index in [4.69, 9.17) is 4.30 Å². The highest BCUT2D eigenvalue weighted by molar-refractivity contribution is 6.86. The van der Waals surface area contributed by atoms with Gasteiger partial charge in [-0.05, 0) is 44.7 Å². The van der Waals surface area contributed by atoms with Gasteiger partial charge >= 0.3 is 0 Å². The van der Waals surface area contributed by atoms with Crippen LogP contribution in [0.25, 0.3) is 0 Å². The fourth-order valence-electron chi connectivity index (χ4n) is 4.47. The van der Waals surface area contributed by atoms with E-state index < -0.39 is 17.0 Å². The van der Waals surface area contributed by atoms with Crippen molar-refractivity contribution in [1.29, 1.82) is 0 Å². The molecule has 0 spiro atoms. The zero-order valence-electron chi connectivity index (χ0n) is 18.2. The summed E-state index contributed by atoms with van der Waals surface area (Å²) in [6.45, 7) is 28.7. The van der Waals surface area contributed by atoms with Crippen LogP contribution in [0, 0.1) is 0 Å². The summed E-state index contributed by atoms with van der Waals surface area (Å²) in [6.07, 6.45) is 4.52. The average molecular weight is 365 g/mol. The predicted molar refractivity (Wildman–Crippen MR) is 113 cm³/mol. The molecule has 0 fully saturated rings. The second kappa shape index (κ2) is 6.35. The highest BCUT2D eigenvalue weighted by Gasteiger charge is 2.56. The van der Waals surface area contributed by atoms with Gasteiger partial charge < -0.3 is 8.53 Å². The van der Waals surface area contributed by atoms with Gasteiger partial charge in [0.2, 0.25) is 0 Å². The van der Waals surface area contributed by atoms with Crippen molar-refractivity contribution in [2.75, 3.05) is 0 Å². The lowest BCUT2D eigenvalue weighted by Crippen LogP contribution is -2.58. The van der Waals surface area contributed by atoms with Crippen LogP contribution in [-0.4, -0.2) is 21.2 Å². The lowest BCUT2D eigenvalue weighted by Gasteiger charge is -2.51. The average Bonchev–Trinajstić information content (AvgIpc) is 2.75. The first-order valence-corrected chi connectivity index (χ1v) is 12.5. The van der Waals surface area contributed by atoms with E-state index in [9.17, 15) is 0 Å². The molecule has 0 aromatic carbocycles. The van der Waals surface area contributed by atoms with Crippen LogP contribution in [0.4, 0.5) is 0 Å². The summed E-state index contributed by atoms with van der Waals surface area (Å²) in [7, 11) is -3.17. The van der Waals surface area contributed by atoms with Gasteiger partial charge in [-0.25, -0.2) is 0 Å². The molecule has 0 aliphatic rings. The molecule has 2 nitrogen and oxygen atoms in total. The van der Waals surface area contributed by atoms with E-state index >= 15 is 0 Å². The summed E-state index contributed by atoms with van der Waals surface area (Å²) < 4.78 is 8.45. The summed E-state index contributed by atoms with van der Waals surface area (Å²) in [6, 6.07) is 4.32. The molecule has 4 heteroatoms. The minimum absolute atomic E-state index is 0.149. The molecule has 0 bridgehead atoms. The number of aromatic nitrogens is 1. The van der Waals surface area contributed by atoms with E-state index in [0.717, 1.165) is 0 Å². The Morgan fingerprint density at radius 3 is 1.25 bits per heavy atom. The first kappa shape index (κ1) is 21.6. The lowest BCUT2D eigenvalue weighted by molar-refractivity contribution is 0.582. The molecule has 0 saturated carbocycles. The smallest absolute Gasteiger partial charge is 0.287 e. The quantitative estimate of drug-likeness (QED) is 0.492. The van der Waals surface area contributed by atoms with Gasteiger partial charge in [-0.2, -0.15) is 0 Å². The van der Waals surface area contributed by atoms with Crippen molar-refractivity contribution < 1.29 is 0 Å². The van der Waals surface area contributed by atoms with Crippen LogP contribution in [0.5, 0.6) is 0 Å². The number of hydrogen-bond donors (Lipinski definition) is 0. The molecule has 24 heavy (non-hydrogen) atoms. The molecule has 0 unspecified atom stereocenters. The Hall–Kier alpha value is -0.486. The minimum Gasteiger partial charge on any atom is -0.362 e. The van der Waals surface area contributed by atoms with Crippen LogP contribution in [0.3, 0.4) is 0 Å². The highest BCUT2D eigenvalue weighted by Crippen LogP contribution is 2.54. The SMILES string of the molecule is CC(C)(C)[Si](=N[Si](n1cccc1)(C(C)(C)C)C(C)(C)C)C(C)(C)C. The summed E-state index contributed by atoms with van der Waals surface area (Å²) >= 11 is 0. The van der Waals surface area contributed by atoms with Crippen molar-refractivity contribution >= 4 is 17.0 Å². The van der Waals surface area contributed by atoms with E-state index in [1.54, 1.807) is 0 Å². The van der Waals surface area contributed by atoms with Gasteiger partial charge in [-0.15, -0.1) is 0 Å². The number of rotatable bonds is 2. The van der Waals surface area contributed by atoms with Crippen molar-refractivity contribution in [1.82, 2.24) is 4.23 Å². The second-order valence-corrected chi connectivity index (χ2v) is 20.7. The van der Waals surface area contributed by atoms with E-state index in [0.29, 0.717) is 0 Å². The molecule has 1 aromatic heterocycles. The monoisotopic (exact) mass is 364 g/mol. The Morgan fingerprint density at radius 1 is 0.667 bits per heavy atom. The Balaban J connectivity index is 3.94. The van der Waals surface area contributed by atoms with Gasteiger partial charge in [0.15, 0.2) is 0 Å². The molecule has 1 aromatic rings. The van der Waals surface area contributed by atoms with Crippen molar-refractivity contribution in [2.24, 2.45) is 4.30 Å². The zero-order chi connectivity index (χ0) is 19.2. The van der Waals surface area contributed by atoms with Crippen molar-refractivity contribution in [2.45, 2.75) is 103 Å². The molecular formula is C20H40N2Si2. The minimum atomic E-state index is -2.22. The van der Waals surface area contributed by atoms with Gasteiger partial charge in [0.1, 0.15) is 8.59 Å². The summed E-state index contributed by atoms with van der Waals surface area (Å²) in [5, 5.41) is 0.781. The van der Waals surface area contributed by atoms with Crippen molar-refractivity contribution in [3.8, 4) is 0 Å². The molecular weight excluding hydrogens is 324 g/mol. The second-order valence-electron chi connectivity index (χ2n) is 11.2. The van der Waals surface area contributed by atoms with Gasteiger partial charge in [0.25, 0.3) is 8.40 Å². The Bertz CT molecular complexity index is 541. The summed E-state index contributed by atoms with van der Waals surface area (Å²) in [4.78, 5) is 0. The molecule has 0 radical (unpaired) electrons. The van der Waals surface area contributed by atoms with Gasteiger partial charge in [-0.1, -0.05) is 83.1 Å². The standard InChI is InChI=1S/C20H40N2Si2/c1-17(2,3)23(18(4,5)6)21-24(19(7,8)9,20(10,11)12)22-15-13-14-16-22/h13-16H,1-12H3. The van der Waals surface area contributed by atoms with Gasteiger partial charge in [-0.3, -0.25) is 0 Å². The topological polar surface area (TPSA) is 17.3 Å². The molecule has 138 valence electrons. The van der Waals surface area contributed by atoms with Gasteiger partial charge in [0, 0.05) is 0 Å². The van der Waals surface area contributed by atoms with Crippen molar-refractivity contribution in [3.63, 3.8) is 0 Å². The van der Waals surface area contributed by atoms with E-state index in [-0.39, 0.29) is 20.2 Å². The van der Waals surface area contributed by atoms with Crippen LogP contribution < -0.4 is 0 Å². The first-order chi connectivity index (χ1) is 10.4. The van der Waals surface area contributed by atoms with Crippen LogP contribution in [0.1, 0.15) is 83.1 Å².